The molecule has 0 unspecified atom stereocenters. The molecule has 0 bridgehead atoms. The van der Waals surface area contributed by atoms with E-state index in [2.05, 4.69) is 10.1 Å². The summed E-state index contributed by atoms with van der Waals surface area (Å²) in [6, 6.07) is 5.37. The van der Waals surface area contributed by atoms with Crippen molar-refractivity contribution in [1.29, 1.82) is 0 Å². The number of aromatic nitrogens is 3. The van der Waals surface area contributed by atoms with Crippen LogP contribution in [0.15, 0.2) is 30.9 Å². The molecule has 112 valence electrons. The van der Waals surface area contributed by atoms with Gasteiger partial charge in [0.05, 0.1) is 12.3 Å². The van der Waals surface area contributed by atoms with Crippen LogP contribution in [-0.4, -0.2) is 50.1 Å². The van der Waals surface area contributed by atoms with Gasteiger partial charge in [0.25, 0.3) is 0 Å². The van der Waals surface area contributed by atoms with Gasteiger partial charge in [-0.1, -0.05) is 17.7 Å². The maximum absolute atomic E-state index is 13.6. The Morgan fingerprint density at radius 2 is 2.29 bits per heavy atom. The van der Waals surface area contributed by atoms with Crippen LogP contribution in [0.25, 0.3) is 5.69 Å². The number of nitrogens with zero attached hydrogens (tertiary/aromatic N) is 4. The van der Waals surface area contributed by atoms with Crippen molar-refractivity contribution in [3.8, 4) is 5.69 Å². The van der Waals surface area contributed by atoms with Crippen LogP contribution in [0.5, 0.6) is 0 Å². The highest BCUT2D eigenvalue weighted by Gasteiger charge is 2.31. The molecule has 0 saturated carbocycles. The standard InChI is InChI=1S/C14H16ClFN4O/c15-11-2-1-10(14(3-11)20-9-17-8-18-20)5-19-6-12(16)4-13(19)7-21/h1-3,8-9,12-13,21H,4-7H2/t12-,13-/m0/s1. The van der Waals surface area contributed by atoms with Crippen LogP contribution in [0.1, 0.15) is 12.0 Å². The lowest BCUT2D eigenvalue weighted by atomic mass is 10.1. The third-order valence-electron chi connectivity index (χ3n) is 3.77. The van der Waals surface area contributed by atoms with E-state index in [1.807, 2.05) is 17.0 Å². The fraction of sp³-hybridized carbons (Fsp3) is 0.429. The Balaban J connectivity index is 1.89. The fourth-order valence-corrected chi connectivity index (χ4v) is 2.91. The Bertz CT molecular complexity index is 607. The lowest BCUT2D eigenvalue weighted by Gasteiger charge is -2.23. The Kier molecular flexibility index (Phi) is 4.19. The monoisotopic (exact) mass is 310 g/mol. The van der Waals surface area contributed by atoms with Crippen molar-refractivity contribution in [3.63, 3.8) is 0 Å². The van der Waals surface area contributed by atoms with Crippen molar-refractivity contribution in [2.45, 2.75) is 25.2 Å². The first-order valence-electron chi connectivity index (χ1n) is 6.80. The van der Waals surface area contributed by atoms with E-state index in [0.29, 0.717) is 24.5 Å². The van der Waals surface area contributed by atoms with Gasteiger partial charge in [0.15, 0.2) is 0 Å². The minimum Gasteiger partial charge on any atom is -0.395 e. The van der Waals surface area contributed by atoms with Crippen LogP contribution in [0.3, 0.4) is 0 Å². The van der Waals surface area contributed by atoms with Crippen molar-refractivity contribution in [2.24, 2.45) is 0 Å². The van der Waals surface area contributed by atoms with Crippen LogP contribution in [0.4, 0.5) is 4.39 Å². The molecule has 5 nitrogen and oxygen atoms in total. The molecule has 1 fully saturated rings. The summed E-state index contributed by atoms with van der Waals surface area (Å²) in [5, 5.41) is 14.1. The van der Waals surface area contributed by atoms with Gasteiger partial charge >= 0.3 is 0 Å². The SMILES string of the molecule is OC[C@@H]1C[C@H](F)CN1Cc1ccc(Cl)cc1-n1cncn1. The molecular formula is C14H16ClFN4O. The van der Waals surface area contributed by atoms with Gasteiger partial charge in [0, 0.05) is 24.2 Å². The van der Waals surface area contributed by atoms with E-state index in [1.165, 1.54) is 6.33 Å². The van der Waals surface area contributed by atoms with Gasteiger partial charge in [-0.25, -0.2) is 14.1 Å². The second kappa shape index (κ2) is 6.09. The molecule has 3 rings (SSSR count). The summed E-state index contributed by atoms with van der Waals surface area (Å²) in [5.41, 5.74) is 1.79. The van der Waals surface area contributed by atoms with E-state index in [0.717, 1.165) is 11.3 Å². The summed E-state index contributed by atoms with van der Waals surface area (Å²) < 4.78 is 15.2. The molecule has 1 saturated heterocycles. The highest BCUT2D eigenvalue weighted by molar-refractivity contribution is 6.30. The van der Waals surface area contributed by atoms with Crippen LogP contribution >= 0.6 is 11.6 Å². The third-order valence-corrected chi connectivity index (χ3v) is 4.01. The quantitative estimate of drug-likeness (QED) is 0.936. The number of halogens is 2. The van der Waals surface area contributed by atoms with Gasteiger partial charge < -0.3 is 5.11 Å². The smallest absolute Gasteiger partial charge is 0.138 e. The first-order chi connectivity index (χ1) is 10.2. The highest BCUT2D eigenvalue weighted by Crippen LogP contribution is 2.26. The average Bonchev–Trinajstić information content (AvgIpc) is 3.10. The predicted molar refractivity (Wildman–Crippen MR) is 77.2 cm³/mol. The lowest BCUT2D eigenvalue weighted by molar-refractivity contribution is 0.153. The van der Waals surface area contributed by atoms with Crippen molar-refractivity contribution >= 4 is 11.6 Å². The van der Waals surface area contributed by atoms with Crippen LogP contribution in [0, 0.1) is 0 Å². The van der Waals surface area contributed by atoms with Gasteiger partial charge in [-0.3, -0.25) is 4.90 Å². The molecule has 1 aromatic carbocycles. The second-order valence-electron chi connectivity index (χ2n) is 5.21. The summed E-state index contributed by atoms with van der Waals surface area (Å²) in [5.74, 6) is 0. The van der Waals surface area contributed by atoms with E-state index >= 15 is 0 Å². The summed E-state index contributed by atoms with van der Waals surface area (Å²) in [6.07, 6.45) is 2.54. The minimum absolute atomic E-state index is 0.0351. The molecule has 1 N–H and O–H groups in total. The summed E-state index contributed by atoms with van der Waals surface area (Å²) in [7, 11) is 0. The van der Waals surface area contributed by atoms with Crippen LogP contribution in [-0.2, 0) is 6.54 Å². The number of hydrogen-bond donors (Lipinski definition) is 1. The summed E-state index contributed by atoms with van der Waals surface area (Å²) in [6.45, 7) is 0.843. The Labute approximate surface area is 127 Å². The second-order valence-corrected chi connectivity index (χ2v) is 5.65. The molecule has 0 spiro atoms. The largest absolute Gasteiger partial charge is 0.395 e. The third kappa shape index (κ3) is 3.07. The van der Waals surface area contributed by atoms with E-state index in [1.54, 1.807) is 17.1 Å². The number of likely N-dealkylation sites (tertiary alicyclic amines) is 1. The van der Waals surface area contributed by atoms with E-state index in [9.17, 15) is 9.50 Å². The van der Waals surface area contributed by atoms with E-state index < -0.39 is 6.17 Å². The maximum Gasteiger partial charge on any atom is 0.138 e. The van der Waals surface area contributed by atoms with Crippen LogP contribution < -0.4 is 0 Å². The molecule has 1 aromatic heterocycles. The van der Waals surface area contributed by atoms with Gasteiger partial charge in [-0.15, -0.1) is 0 Å². The van der Waals surface area contributed by atoms with Gasteiger partial charge in [0.2, 0.25) is 0 Å². The van der Waals surface area contributed by atoms with Crippen molar-refractivity contribution in [1.82, 2.24) is 19.7 Å². The first-order valence-corrected chi connectivity index (χ1v) is 7.17. The van der Waals surface area contributed by atoms with E-state index in [4.69, 9.17) is 11.6 Å². The molecule has 21 heavy (non-hydrogen) atoms. The molecule has 1 aliphatic rings. The summed E-state index contributed by atoms with van der Waals surface area (Å²) >= 11 is 6.05. The molecular weight excluding hydrogens is 295 g/mol. The number of aliphatic hydroxyl groups excluding tert-OH is 1. The summed E-state index contributed by atoms with van der Waals surface area (Å²) in [4.78, 5) is 5.89. The number of alkyl halides is 1. The average molecular weight is 311 g/mol. The number of aliphatic hydroxyl groups is 1. The normalized spacial score (nSPS) is 22.8. The van der Waals surface area contributed by atoms with Crippen molar-refractivity contribution < 1.29 is 9.50 Å². The number of rotatable bonds is 4. The van der Waals surface area contributed by atoms with Crippen LogP contribution in [0.2, 0.25) is 5.02 Å². The molecule has 0 amide bonds. The zero-order valence-electron chi connectivity index (χ0n) is 11.4. The molecule has 2 aromatic rings. The molecule has 2 heterocycles. The molecule has 0 radical (unpaired) electrons. The Hall–Kier alpha value is -1.50. The fourth-order valence-electron chi connectivity index (χ4n) is 2.74. The highest BCUT2D eigenvalue weighted by atomic mass is 35.5. The van der Waals surface area contributed by atoms with Gasteiger partial charge in [0.1, 0.15) is 18.8 Å². The Morgan fingerprint density at radius 3 is 3.00 bits per heavy atom. The number of benzene rings is 1. The van der Waals surface area contributed by atoms with Crippen molar-refractivity contribution in [2.75, 3.05) is 13.2 Å². The lowest BCUT2D eigenvalue weighted by Crippen LogP contribution is -2.32. The molecule has 7 heteroatoms. The van der Waals surface area contributed by atoms with Crippen molar-refractivity contribution in [3.05, 3.63) is 41.4 Å². The zero-order valence-corrected chi connectivity index (χ0v) is 12.1. The molecule has 2 atom stereocenters. The zero-order chi connectivity index (χ0) is 14.8. The topological polar surface area (TPSA) is 54.2 Å². The predicted octanol–water partition coefficient (Wildman–Crippen LogP) is 1.83. The maximum atomic E-state index is 13.6. The molecule has 0 aliphatic carbocycles. The number of hydrogen-bond acceptors (Lipinski definition) is 4. The van der Waals surface area contributed by atoms with E-state index in [-0.39, 0.29) is 12.6 Å². The van der Waals surface area contributed by atoms with Gasteiger partial charge in [-0.2, -0.15) is 5.10 Å². The first kappa shape index (κ1) is 14.4. The van der Waals surface area contributed by atoms with Gasteiger partial charge in [-0.05, 0) is 24.1 Å². The molecule has 1 aliphatic heterocycles. The Morgan fingerprint density at radius 1 is 1.43 bits per heavy atom. The minimum atomic E-state index is -0.885.